The fraction of sp³-hybridized carbons (Fsp3) is 0.0444. The summed E-state index contributed by atoms with van der Waals surface area (Å²) in [5, 5.41) is 15.1. The van der Waals surface area contributed by atoms with Gasteiger partial charge in [0.2, 0.25) is 0 Å². The molecule has 7 aromatic carbocycles. The Kier molecular flexibility index (Phi) is 6.46. The zero-order valence-electron chi connectivity index (χ0n) is 27.3. The second-order valence-corrected chi connectivity index (χ2v) is 15.3. The SMILES string of the molecule is c1ccc(C2=NC(c3ccc4c(c3)sc3cccc(-c5cccc6c5oc5ccccc56)c34)NC(c3cccc4sc5ccccc5c34)N2)cc1. The highest BCUT2D eigenvalue weighted by Crippen LogP contribution is 2.45. The smallest absolute Gasteiger partial charge is 0.143 e. The van der Waals surface area contributed by atoms with Gasteiger partial charge in [0, 0.05) is 62.2 Å². The largest absolute Gasteiger partial charge is 0.455 e. The van der Waals surface area contributed by atoms with Crippen molar-refractivity contribution in [1.82, 2.24) is 10.6 Å². The Morgan fingerprint density at radius 3 is 2.14 bits per heavy atom. The van der Waals surface area contributed by atoms with Gasteiger partial charge >= 0.3 is 0 Å². The first-order chi connectivity index (χ1) is 25.3. The van der Waals surface area contributed by atoms with Crippen molar-refractivity contribution < 1.29 is 4.42 Å². The number of rotatable bonds is 4. The summed E-state index contributed by atoms with van der Waals surface area (Å²) in [5.41, 5.74) is 7.60. The van der Waals surface area contributed by atoms with Crippen LogP contribution in [0.1, 0.15) is 29.0 Å². The topological polar surface area (TPSA) is 49.6 Å². The average molecular weight is 692 g/mol. The standard InChI is InChI=1S/C45H29N3OS2/c1-2-11-26(12-3-1)43-46-44(48-45(47-43)34-18-10-22-38-41(34)32-14-5-7-20-36(32)50-38)27-23-24-33-39(25-27)51-37-21-9-15-29(40(33)37)31-17-8-16-30-28-13-4-6-19-35(28)49-42(30)31/h1-25,44-45,48H,(H,46,47). The van der Waals surface area contributed by atoms with E-state index in [0.717, 1.165) is 44.5 Å². The number of furan rings is 1. The summed E-state index contributed by atoms with van der Waals surface area (Å²) in [6.45, 7) is 0. The van der Waals surface area contributed by atoms with E-state index in [2.05, 4.69) is 156 Å². The number of nitrogens with one attached hydrogen (secondary N) is 2. The lowest BCUT2D eigenvalue weighted by atomic mass is 9.97. The summed E-state index contributed by atoms with van der Waals surface area (Å²) < 4.78 is 11.6. The van der Waals surface area contributed by atoms with E-state index in [9.17, 15) is 0 Å². The number of para-hydroxylation sites is 2. The summed E-state index contributed by atoms with van der Waals surface area (Å²) in [6.07, 6.45) is -0.386. The predicted molar refractivity (Wildman–Crippen MR) is 216 cm³/mol. The molecule has 0 saturated carbocycles. The van der Waals surface area contributed by atoms with Gasteiger partial charge in [0.15, 0.2) is 0 Å². The molecule has 2 atom stereocenters. The molecule has 0 radical (unpaired) electrons. The third-order valence-corrected chi connectivity index (χ3v) is 12.4. The lowest BCUT2D eigenvalue weighted by molar-refractivity contribution is 0.411. The van der Waals surface area contributed by atoms with Crippen LogP contribution in [0.3, 0.4) is 0 Å². The second-order valence-electron chi connectivity index (χ2n) is 13.1. The summed E-state index contributed by atoms with van der Waals surface area (Å²) in [4.78, 5) is 5.30. The fourth-order valence-corrected chi connectivity index (χ4v) is 10.2. The van der Waals surface area contributed by atoms with Crippen molar-refractivity contribution in [2.24, 2.45) is 4.99 Å². The molecule has 10 aromatic rings. The van der Waals surface area contributed by atoms with Crippen molar-refractivity contribution in [1.29, 1.82) is 0 Å². The molecule has 1 aliphatic heterocycles. The molecule has 1 aliphatic rings. The van der Waals surface area contributed by atoms with Crippen LogP contribution in [0.15, 0.2) is 161 Å². The molecule has 2 N–H and O–H groups in total. The summed E-state index contributed by atoms with van der Waals surface area (Å²) >= 11 is 3.68. The van der Waals surface area contributed by atoms with Gasteiger partial charge in [-0.3, -0.25) is 5.32 Å². The van der Waals surface area contributed by atoms with Crippen LogP contribution in [0, 0.1) is 0 Å². The molecule has 51 heavy (non-hydrogen) atoms. The molecule has 4 nitrogen and oxygen atoms in total. The van der Waals surface area contributed by atoms with Crippen LogP contribution in [0.25, 0.3) is 73.4 Å². The van der Waals surface area contributed by atoms with E-state index in [1.165, 1.54) is 51.5 Å². The lowest BCUT2D eigenvalue weighted by Gasteiger charge is -2.32. The highest BCUT2D eigenvalue weighted by atomic mass is 32.1. The average Bonchev–Trinajstić information content (AvgIpc) is 3.89. The van der Waals surface area contributed by atoms with E-state index < -0.39 is 0 Å². The molecule has 0 fully saturated rings. The molecule has 0 spiro atoms. The number of hydrogen-bond donors (Lipinski definition) is 2. The monoisotopic (exact) mass is 691 g/mol. The maximum absolute atomic E-state index is 6.49. The number of amidine groups is 1. The van der Waals surface area contributed by atoms with Crippen molar-refractivity contribution >= 4 is 90.8 Å². The molecule has 0 amide bonds. The van der Waals surface area contributed by atoms with E-state index >= 15 is 0 Å². The summed E-state index contributed by atoms with van der Waals surface area (Å²) in [5.74, 6) is 0.888. The van der Waals surface area contributed by atoms with E-state index in [4.69, 9.17) is 9.41 Å². The third kappa shape index (κ3) is 4.58. The first kappa shape index (κ1) is 29.0. The third-order valence-electron chi connectivity index (χ3n) is 10.2. The van der Waals surface area contributed by atoms with Crippen molar-refractivity contribution in [3.05, 3.63) is 168 Å². The van der Waals surface area contributed by atoms with Gasteiger partial charge in [0.1, 0.15) is 29.3 Å². The normalized spacial score (nSPS) is 16.4. The van der Waals surface area contributed by atoms with E-state index in [-0.39, 0.29) is 12.3 Å². The number of nitrogens with zero attached hydrogens (tertiary/aromatic N) is 1. The van der Waals surface area contributed by atoms with Gasteiger partial charge in [-0.15, -0.1) is 22.7 Å². The Hall–Kier alpha value is -5.79. The Bertz CT molecular complexity index is 3010. The van der Waals surface area contributed by atoms with Crippen molar-refractivity contribution in [2.75, 3.05) is 0 Å². The zero-order valence-corrected chi connectivity index (χ0v) is 28.9. The lowest BCUT2D eigenvalue weighted by Crippen LogP contribution is -2.45. The highest BCUT2D eigenvalue weighted by Gasteiger charge is 2.28. The maximum Gasteiger partial charge on any atom is 0.143 e. The number of benzene rings is 7. The Morgan fingerprint density at radius 1 is 0.529 bits per heavy atom. The minimum atomic E-state index is -0.245. The van der Waals surface area contributed by atoms with Gasteiger partial charge in [-0.1, -0.05) is 121 Å². The Morgan fingerprint density at radius 2 is 1.22 bits per heavy atom. The van der Waals surface area contributed by atoms with Crippen LogP contribution in [-0.2, 0) is 0 Å². The first-order valence-electron chi connectivity index (χ1n) is 17.2. The van der Waals surface area contributed by atoms with Crippen LogP contribution < -0.4 is 10.6 Å². The van der Waals surface area contributed by atoms with Gasteiger partial charge in [-0.05, 0) is 47.0 Å². The van der Waals surface area contributed by atoms with Crippen molar-refractivity contribution in [3.63, 3.8) is 0 Å². The van der Waals surface area contributed by atoms with Crippen LogP contribution in [0.5, 0.6) is 0 Å². The quantitative estimate of drug-likeness (QED) is 0.193. The van der Waals surface area contributed by atoms with Gasteiger partial charge in [-0.2, -0.15) is 0 Å². The number of aliphatic imine (C=N–C) groups is 1. The van der Waals surface area contributed by atoms with Gasteiger partial charge in [-0.25, -0.2) is 4.99 Å². The minimum absolute atomic E-state index is 0.140. The molecule has 4 heterocycles. The van der Waals surface area contributed by atoms with Gasteiger partial charge in [0.05, 0.1) is 0 Å². The van der Waals surface area contributed by atoms with Crippen LogP contribution in [0.4, 0.5) is 0 Å². The molecule has 0 bridgehead atoms. The van der Waals surface area contributed by atoms with Crippen LogP contribution in [-0.4, -0.2) is 5.84 Å². The molecular formula is C45H29N3OS2. The molecule has 2 unspecified atom stereocenters. The summed E-state index contributed by atoms with van der Waals surface area (Å²) in [6, 6.07) is 54.1. The highest BCUT2D eigenvalue weighted by molar-refractivity contribution is 7.26. The van der Waals surface area contributed by atoms with E-state index in [1.54, 1.807) is 0 Å². The molecule has 3 aromatic heterocycles. The van der Waals surface area contributed by atoms with Gasteiger partial charge < -0.3 is 9.73 Å². The van der Waals surface area contributed by atoms with Gasteiger partial charge in [0.25, 0.3) is 0 Å². The maximum atomic E-state index is 6.49. The predicted octanol–water partition coefficient (Wildman–Crippen LogP) is 12.3. The summed E-state index contributed by atoms with van der Waals surface area (Å²) in [7, 11) is 0. The molecule has 6 heteroatoms. The molecular weight excluding hydrogens is 663 g/mol. The van der Waals surface area contributed by atoms with E-state index in [1.807, 2.05) is 28.7 Å². The second kappa shape index (κ2) is 11.4. The first-order valence-corrected chi connectivity index (χ1v) is 18.8. The zero-order chi connectivity index (χ0) is 33.5. The van der Waals surface area contributed by atoms with E-state index in [0.29, 0.717) is 0 Å². The number of fused-ring (bicyclic) bond motifs is 9. The van der Waals surface area contributed by atoms with Crippen LogP contribution in [0.2, 0.25) is 0 Å². The molecule has 11 rings (SSSR count). The van der Waals surface area contributed by atoms with Crippen molar-refractivity contribution in [2.45, 2.75) is 12.3 Å². The number of thiophene rings is 2. The Labute approximate surface area is 301 Å². The Balaban J connectivity index is 1.05. The molecule has 242 valence electrons. The van der Waals surface area contributed by atoms with Crippen LogP contribution >= 0.6 is 22.7 Å². The minimum Gasteiger partial charge on any atom is -0.455 e. The molecule has 0 saturated heterocycles. The fourth-order valence-electron chi connectivity index (χ4n) is 7.87. The molecule has 0 aliphatic carbocycles. The number of hydrogen-bond acceptors (Lipinski definition) is 6. The van der Waals surface area contributed by atoms with Crippen molar-refractivity contribution in [3.8, 4) is 11.1 Å².